The van der Waals surface area contributed by atoms with Gasteiger partial charge in [-0.05, 0) is 49.4 Å². The van der Waals surface area contributed by atoms with Gasteiger partial charge in [-0.1, -0.05) is 11.8 Å². The van der Waals surface area contributed by atoms with Crippen LogP contribution in [0.2, 0.25) is 0 Å². The van der Waals surface area contributed by atoms with Crippen molar-refractivity contribution in [3.8, 4) is 6.07 Å². The number of hydrogen-bond donors (Lipinski definition) is 1. The van der Waals surface area contributed by atoms with Crippen molar-refractivity contribution in [2.24, 2.45) is 0 Å². The Labute approximate surface area is 148 Å². The summed E-state index contributed by atoms with van der Waals surface area (Å²) in [6, 6.07) is 5.00. The van der Waals surface area contributed by atoms with E-state index in [1.165, 1.54) is 0 Å². The van der Waals surface area contributed by atoms with Crippen LogP contribution < -0.4 is 5.32 Å². The van der Waals surface area contributed by atoms with Crippen LogP contribution in [-0.4, -0.2) is 16.6 Å². The number of aryl methyl sites for hydroxylation is 1. The molecule has 0 saturated heterocycles. The van der Waals surface area contributed by atoms with E-state index in [4.69, 9.17) is 0 Å². The van der Waals surface area contributed by atoms with Gasteiger partial charge in [-0.25, -0.2) is 13.8 Å². The Morgan fingerprint density at radius 3 is 2.72 bits per heavy atom. The number of nitrogens with zero attached hydrogens (tertiary/aromatic N) is 2. The number of nitriles is 1. The van der Waals surface area contributed by atoms with Crippen molar-refractivity contribution in [3.05, 3.63) is 52.2 Å². The van der Waals surface area contributed by atoms with E-state index in [9.17, 15) is 18.8 Å². The van der Waals surface area contributed by atoms with Gasteiger partial charge in [0.1, 0.15) is 22.7 Å². The summed E-state index contributed by atoms with van der Waals surface area (Å²) in [5.41, 5.74) is 3.62. The third-order valence-electron chi connectivity index (χ3n) is 4.06. The van der Waals surface area contributed by atoms with Crippen molar-refractivity contribution >= 4 is 23.4 Å². The van der Waals surface area contributed by atoms with Gasteiger partial charge in [-0.2, -0.15) is 5.26 Å². The Hall–Kier alpha value is -2.46. The molecular formula is C18H15F2N3OS. The van der Waals surface area contributed by atoms with Crippen LogP contribution in [0.1, 0.15) is 28.8 Å². The lowest BCUT2D eigenvalue weighted by atomic mass is 10.0. The first kappa shape index (κ1) is 17.4. The molecule has 0 atom stereocenters. The number of amides is 1. The number of fused-ring (bicyclic) bond motifs is 1. The third-order valence-corrected chi connectivity index (χ3v) is 5.04. The van der Waals surface area contributed by atoms with Gasteiger partial charge in [0.25, 0.3) is 0 Å². The van der Waals surface area contributed by atoms with Gasteiger partial charge in [0.15, 0.2) is 0 Å². The molecule has 3 rings (SSSR count). The summed E-state index contributed by atoms with van der Waals surface area (Å²) >= 11 is 1.15. The zero-order valence-corrected chi connectivity index (χ0v) is 14.3. The summed E-state index contributed by atoms with van der Waals surface area (Å²) < 4.78 is 26.3. The minimum atomic E-state index is -0.759. The number of carbonyl (C=O) groups is 1. The molecule has 0 spiro atoms. The Morgan fingerprint density at radius 2 is 2.04 bits per heavy atom. The number of rotatable bonds is 4. The van der Waals surface area contributed by atoms with E-state index in [1.807, 2.05) is 6.92 Å². The monoisotopic (exact) mass is 359 g/mol. The highest BCUT2D eigenvalue weighted by Crippen LogP contribution is 2.31. The number of nitrogens with one attached hydrogen (secondary N) is 1. The molecule has 1 aromatic carbocycles. The maximum absolute atomic E-state index is 13.2. The molecule has 1 aliphatic rings. The van der Waals surface area contributed by atoms with Crippen LogP contribution in [0.5, 0.6) is 0 Å². The highest BCUT2D eigenvalue weighted by molar-refractivity contribution is 8.00. The predicted molar refractivity (Wildman–Crippen MR) is 91.4 cm³/mol. The van der Waals surface area contributed by atoms with Crippen molar-refractivity contribution in [3.63, 3.8) is 0 Å². The standard InChI is InChI=1S/C18H15F2N3OS/c1-10-14-3-2-4-16(14)23-18(15(10)8-21)25-9-17(24)22-13-6-11(19)5-12(20)7-13/h5-7H,2-4,9H2,1H3,(H,22,24). The number of benzene rings is 1. The van der Waals surface area contributed by atoms with E-state index in [0.29, 0.717) is 10.6 Å². The molecule has 128 valence electrons. The summed E-state index contributed by atoms with van der Waals surface area (Å²) in [5.74, 6) is -1.94. The highest BCUT2D eigenvalue weighted by atomic mass is 32.2. The molecule has 1 amide bonds. The molecule has 4 nitrogen and oxygen atoms in total. The van der Waals surface area contributed by atoms with Gasteiger partial charge in [-0.3, -0.25) is 4.79 Å². The number of halogens is 2. The Kier molecular flexibility index (Phi) is 5.00. The smallest absolute Gasteiger partial charge is 0.234 e. The van der Waals surface area contributed by atoms with Crippen LogP contribution in [0.3, 0.4) is 0 Å². The van der Waals surface area contributed by atoms with Crippen LogP contribution >= 0.6 is 11.8 Å². The number of hydrogen-bond acceptors (Lipinski definition) is 4. The minimum absolute atomic E-state index is 0.00195. The SMILES string of the molecule is Cc1c(C#N)c(SCC(=O)Nc2cc(F)cc(F)c2)nc2c1CCC2. The van der Waals surface area contributed by atoms with E-state index in [0.717, 1.165) is 66.0 Å². The lowest BCUT2D eigenvalue weighted by Gasteiger charge is -2.11. The van der Waals surface area contributed by atoms with Crippen molar-refractivity contribution in [2.45, 2.75) is 31.2 Å². The van der Waals surface area contributed by atoms with Gasteiger partial charge in [0, 0.05) is 17.4 Å². The number of anilines is 1. The van der Waals surface area contributed by atoms with E-state index < -0.39 is 17.5 Å². The average molecular weight is 359 g/mol. The first-order valence-electron chi connectivity index (χ1n) is 7.79. The third kappa shape index (κ3) is 3.80. The molecule has 0 aliphatic heterocycles. The number of thioether (sulfide) groups is 1. The molecule has 1 aromatic heterocycles. The molecule has 0 radical (unpaired) electrons. The van der Waals surface area contributed by atoms with Crippen molar-refractivity contribution in [1.82, 2.24) is 4.98 Å². The van der Waals surface area contributed by atoms with Gasteiger partial charge in [-0.15, -0.1) is 0 Å². The Balaban J connectivity index is 1.72. The second-order valence-corrected chi connectivity index (χ2v) is 6.77. The zero-order valence-electron chi connectivity index (χ0n) is 13.5. The molecule has 1 heterocycles. The maximum atomic E-state index is 13.2. The fraction of sp³-hybridized carbons (Fsp3) is 0.278. The van der Waals surface area contributed by atoms with E-state index >= 15 is 0 Å². The summed E-state index contributed by atoms with van der Waals surface area (Å²) in [6.45, 7) is 1.91. The molecular weight excluding hydrogens is 344 g/mol. The van der Waals surface area contributed by atoms with Crippen molar-refractivity contribution in [1.29, 1.82) is 5.26 Å². The summed E-state index contributed by atoms with van der Waals surface area (Å²) in [7, 11) is 0. The quantitative estimate of drug-likeness (QED) is 0.844. The molecule has 0 fully saturated rings. The van der Waals surface area contributed by atoms with Crippen molar-refractivity contribution < 1.29 is 13.6 Å². The van der Waals surface area contributed by atoms with Crippen LogP contribution in [0.4, 0.5) is 14.5 Å². The second kappa shape index (κ2) is 7.19. The molecule has 7 heteroatoms. The van der Waals surface area contributed by atoms with Gasteiger partial charge in [0.05, 0.1) is 11.3 Å². The largest absolute Gasteiger partial charge is 0.325 e. The molecule has 0 saturated carbocycles. The highest BCUT2D eigenvalue weighted by Gasteiger charge is 2.21. The number of pyridine rings is 1. The normalized spacial score (nSPS) is 12.6. The topological polar surface area (TPSA) is 65.8 Å². The van der Waals surface area contributed by atoms with Crippen LogP contribution in [0, 0.1) is 29.9 Å². The van der Waals surface area contributed by atoms with Gasteiger partial charge >= 0.3 is 0 Å². The molecule has 1 aliphatic carbocycles. The first-order valence-corrected chi connectivity index (χ1v) is 8.77. The Bertz CT molecular complexity index is 873. The lowest BCUT2D eigenvalue weighted by molar-refractivity contribution is -0.113. The van der Waals surface area contributed by atoms with Crippen molar-refractivity contribution in [2.75, 3.05) is 11.1 Å². The number of aromatic nitrogens is 1. The van der Waals surface area contributed by atoms with Gasteiger partial charge in [0.2, 0.25) is 5.91 Å². The maximum Gasteiger partial charge on any atom is 0.234 e. The summed E-state index contributed by atoms with van der Waals surface area (Å²) in [6.07, 6.45) is 2.83. The fourth-order valence-electron chi connectivity index (χ4n) is 2.94. The molecule has 0 bridgehead atoms. The fourth-order valence-corrected chi connectivity index (χ4v) is 3.80. The zero-order chi connectivity index (χ0) is 18.0. The van der Waals surface area contributed by atoms with Crippen LogP contribution in [0.15, 0.2) is 23.2 Å². The van der Waals surface area contributed by atoms with E-state index in [-0.39, 0.29) is 11.4 Å². The summed E-state index contributed by atoms with van der Waals surface area (Å²) in [4.78, 5) is 16.6. The second-order valence-electron chi connectivity index (χ2n) is 5.80. The lowest BCUT2D eigenvalue weighted by Crippen LogP contribution is -2.15. The first-order chi connectivity index (χ1) is 12.0. The van der Waals surface area contributed by atoms with Crippen LogP contribution in [-0.2, 0) is 17.6 Å². The molecule has 1 N–H and O–H groups in total. The van der Waals surface area contributed by atoms with E-state index in [2.05, 4.69) is 16.4 Å². The number of carbonyl (C=O) groups excluding carboxylic acids is 1. The minimum Gasteiger partial charge on any atom is -0.325 e. The average Bonchev–Trinajstić information content (AvgIpc) is 3.00. The molecule has 2 aromatic rings. The predicted octanol–water partition coefficient (Wildman–Crippen LogP) is 3.76. The molecule has 0 unspecified atom stereocenters. The Morgan fingerprint density at radius 1 is 1.32 bits per heavy atom. The molecule has 25 heavy (non-hydrogen) atoms. The van der Waals surface area contributed by atoms with Crippen LogP contribution in [0.25, 0.3) is 0 Å². The van der Waals surface area contributed by atoms with E-state index in [1.54, 1.807) is 0 Å². The summed E-state index contributed by atoms with van der Waals surface area (Å²) in [5, 5.41) is 12.4. The van der Waals surface area contributed by atoms with Gasteiger partial charge < -0.3 is 5.32 Å².